The fourth-order valence-corrected chi connectivity index (χ4v) is 9.79. The number of ether oxygens (including phenoxy) is 9. The molecule has 2 N–H and O–H groups in total. The summed E-state index contributed by atoms with van der Waals surface area (Å²) in [4.78, 5) is 113. The van der Waals surface area contributed by atoms with E-state index in [9.17, 15) is 48.6 Å². The van der Waals surface area contributed by atoms with Crippen LogP contribution in [0.5, 0.6) is 0 Å². The van der Waals surface area contributed by atoms with Crippen molar-refractivity contribution in [3.63, 3.8) is 0 Å². The summed E-state index contributed by atoms with van der Waals surface area (Å²) in [6.45, 7) is 6.42. The number of aryl methyl sites for hydroxylation is 1. The van der Waals surface area contributed by atoms with Gasteiger partial charge in [0.05, 0.1) is 28.8 Å². The van der Waals surface area contributed by atoms with Crippen molar-refractivity contribution >= 4 is 47.8 Å². The number of esters is 8. The van der Waals surface area contributed by atoms with Crippen LogP contribution in [0.4, 0.5) is 0 Å². The van der Waals surface area contributed by atoms with Gasteiger partial charge in [-0.2, -0.15) is 0 Å². The molecule has 3 heterocycles. The lowest BCUT2D eigenvalue weighted by Gasteiger charge is -2.67. The number of nitrogens with zero attached hydrogens (tertiary/aromatic N) is 1. The van der Waals surface area contributed by atoms with Gasteiger partial charge in [-0.1, -0.05) is 18.2 Å². The molecular formula is C43H49NO19. The first-order chi connectivity index (χ1) is 29.5. The predicted octanol–water partition coefficient (Wildman–Crippen LogP) is 1.27. The second kappa shape index (κ2) is 16.9. The van der Waals surface area contributed by atoms with E-state index in [-0.39, 0.29) is 23.2 Å². The van der Waals surface area contributed by atoms with Crippen molar-refractivity contribution in [2.24, 2.45) is 11.3 Å². The van der Waals surface area contributed by atoms with Crippen LogP contribution < -0.4 is 0 Å². The molecule has 2 aromatic rings. The number of aliphatic hydroxyl groups is 2. The molecule has 3 fully saturated rings. The second-order valence-electron chi connectivity index (χ2n) is 16.7. The summed E-state index contributed by atoms with van der Waals surface area (Å²) < 4.78 is 53.9. The van der Waals surface area contributed by atoms with Gasteiger partial charge in [-0.15, -0.1) is 0 Å². The van der Waals surface area contributed by atoms with Gasteiger partial charge in [0.25, 0.3) is 0 Å². The first-order valence-corrected chi connectivity index (χ1v) is 20.0. The first kappa shape index (κ1) is 46.5. The molecule has 1 unspecified atom stereocenters. The molecular weight excluding hydrogens is 834 g/mol. The Bertz CT molecular complexity index is 2190. The molecule has 1 aromatic heterocycles. The Balaban J connectivity index is 1.71. The zero-order valence-corrected chi connectivity index (χ0v) is 35.8. The number of aliphatic hydroxyl groups excluding tert-OH is 1. The highest BCUT2D eigenvalue weighted by Gasteiger charge is 2.91. The molecule has 12 atom stereocenters. The van der Waals surface area contributed by atoms with Crippen LogP contribution >= 0.6 is 0 Å². The number of pyridine rings is 1. The standard InChI is InChI=1S/C43H49NO19/c1-21(45)55-20-42-34(59-24(4)48)30(57-22(2)46)29-32(50)43(42)41(8,54)33(31(58-23(3)47)35(42)60-25(5)49)61-38(53)39(6,62-36(51)26-13-10-9-11-14-26)17-16-28-27(15-12-18-44-28)37(52)56-19-40(29,7)63-43/h9-15,18,29-35,50,54H,16-17,19-20H2,1-8H3/t29-,30-,31+,32-,33+,34-,35+,39?,40+,41+,42-,43+/m1/s1. The van der Waals surface area contributed by atoms with Crippen LogP contribution in [-0.4, -0.2) is 135 Å². The van der Waals surface area contributed by atoms with Crippen molar-refractivity contribution in [2.45, 2.75) is 127 Å². The summed E-state index contributed by atoms with van der Waals surface area (Å²) in [5.41, 5.74) is -13.0. The third-order valence-corrected chi connectivity index (χ3v) is 12.3. The van der Waals surface area contributed by atoms with Gasteiger partial charge in [-0.05, 0) is 51.5 Å². The summed E-state index contributed by atoms with van der Waals surface area (Å²) in [6, 6.07) is 10.4. The van der Waals surface area contributed by atoms with E-state index in [1.807, 2.05) is 0 Å². The van der Waals surface area contributed by atoms with E-state index in [1.165, 1.54) is 44.3 Å². The van der Waals surface area contributed by atoms with Gasteiger partial charge < -0.3 is 52.8 Å². The minimum Gasteiger partial charge on any atom is -0.465 e. The normalized spacial score (nSPS) is 35.8. The third kappa shape index (κ3) is 7.88. The van der Waals surface area contributed by atoms with Gasteiger partial charge in [-0.25, -0.2) is 14.4 Å². The van der Waals surface area contributed by atoms with Gasteiger partial charge in [0.2, 0.25) is 5.60 Å². The molecule has 63 heavy (non-hydrogen) atoms. The molecule has 6 rings (SSSR count). The zero-order valence-electron chi connectivity index (χ0n) is 35.8. The van der Waals surface area contributed by atoms with E-state index in [2.05, 4.69) is 4.98 Å². The Labute approximate surface area is 360 Å². The molecule has 2 aliphatic carbocycles. The maximum Gasteiger partial charge on any atom is 0.350 e. The molecule has 2 aliphatic heterocycles. The Morgan fingerprint density at radius 3 is 1.97 bits per heavy atom. The van der Waals surface area contributed by atoms with Gasteiger partial charge in [0.1, 0.15) is 41.5 Å². The van der Waals surface area contributed by atoms with E-state index < -0.39 is 138 Å². The SMILES string of the molecule is CC(=O)OC[C@]12[C@H](OC(C)=O)[C@H](OC(C)=O)[C@@H]3[C@@H](O)[C@@]14O[C@@]3(C)COC(=O)c1cccnc1CCC(C)(OC(=O)c1ccccc1)C(=O)O[C@@H]([C@H](OC(C)=O)[C@@H]2OC(C)=O)[C@]4(C)O. The number of aromatic nitrogens is 1. The summed E-state index contributed by atoms with van der Waals surface area (Å²) in [6.07, 6.45) is -12.1. The Hall–Kier alpha value is -5.99. The van der Waals surface area contributed by atoms with E-state index >= 15 is 0 Å². The summed E-state index contributed by atoms with van der Waals surface area (Å²) in [5.74, 6) is -10.3. The molecule has 1 spiro atoms. The maximum atomic E-state index is 15.0. The molecule has 4 bridgehead atoms. The number of hydrogen-bond acceptors (Lipinski definition) is 20. The number of benzene rings is 1. The Morgan fingerprint density at radius 2 is 1.38 bits per heavy atom. The van der Waals surface area contributed by atoms with Crippen molar-refractivity contribution in [3.05, 3.63) is 65.5 Å². The van der Waals surface area contributed by atoms with Crippen LogP contribution in [0, 0.1) is 11.3 Å². The lowest BCUT2D eigenvalue weighted by Crippen LogP contribution is -2.89. The Morgan fingerprint density at radius 1 is 0.794 bits per heavy atom. The molecule has 4 aliphatic rings. The highest BCUT2D eigenvalue weighted by molar-refractivity contribution is 5.93. The lowest BCUT2D eigenvalue weighted by atomic mass is 9.45. The minimum atomic E-state index is -2.96. The molecule has 20 heteroatoms. The molecule has 340 valence electrons. The monoisotopic (exact) mass is 883 g/mol. The average Bonchev–Trinajstić information content (AvgIpc) is 3.40. The van der Waals surface area contributed by atoms with Crippen molar-refractivity contribution in [1.82, 2.24) is 4.98 Å². The predicted molar refractivity (Wildman–Crippen MR) is 207 cm³/mol. The lowest BCUT2D eigenvalue weighted by molar-refractivity contribution is -0.387. The first-order valence-electron chi connectivity index (χ1n) is 20.0. The molecule has 0 radical (unpaired) electrons. The Kier molecular flexibility index (Phi) is 12.5. The minimum absolute atomic E-state index is 0.0184. The van der Waals surface area contributed by atoms with E-state index in [0.717, 1.165) is 41.5 Å². The van der Waals surface area contributed by atoms with Gasteiger partial charge in [0.15, 0.2) is 24.4 Å². The van der Waals surface area contributed by atoms with Crippen LogP contribution in [0.1, 0.15) is 88.2 Å². The fraction of sp³-hybridized carbons (Fsp3) is 0.558. The van der Waals surface area contributed by atoms with E-state index in [0.29, 0.717) is 0 Å². The van der Waals surface area contributed by atoms with Crippen LogP contribution in [0.25, 0.3) is 0 Å². The maximum absolute atomic E-state index is 15.0. The highest BCUT2D eigenvalue weighted by Crippen LogP contribution is 2.69. The highest BCUT2D eigenvalue weighted by atomic mass is 16.7. The number of hydrogen-bond donors (Lipinski definition) is 2. The smallest absolute Gasteiger partial charge is 0.350 e. The van der Waals surface area contributed by atoms with Gasteiger partial charge in [0, 0.05) is 47.2 Å². The van der Waals surface area contributed by atoms with Crippen LogP contribution in [0.15, 0.2) is 48.7 Å². The second-order valence-corrected chi connectivity index (χ2v) is 16.7. The molecule has 20 nitrogen and oxygen atoms in total. The molecule has 1 aromatic carbocycles. The zero-order chi connectivity index (χ0) is 46.4. The summed E-state index contributed by atoms with van der Waals surface area (Å²) in [7, 11) is 0. The number of cyclic esters (lactones) is 1. The van der Waals surface area contributed by atoms with Crippen molar-refractivity contribution < 1.29 is 91.2 Å². The quantitative estimate of drug-likeness (QED) is 0.279. The fourth-order valence-electron chi connectivity index (χ4n) is 9.79. The number of carbonyl (C=O) groups is 8. The van der Waals surface area contributed by atoms with E-state index in [1.54, 1.807) is 18.2 Å². The molecule has 2 saturated carbocycles. The van der Waals surface area contributed by atoms with Crippen molar-refractivity contribution in [1.29, 1.82) is 0 Å². The van der Waals surface area contributed by atoms with Gasteiger partial charge >= 0.3 is 47.8 Å². The van der Waals surface area contributed by atoms with Gasteiger partial charge in [-0.3, -0.25) is 29.0 Å². The topological polar surface area (TPSA) is 273 Å². The molecule has 0 amide bonds. The van der Waals surface area contributed by atoms with E-state index in [4.69, 9.17) is 42.6 Å². The number of fused-ring (bicyclic) bond motifs is 5. The average molecular weight is 884 g/mol. The van der Waals surface area contributed by atoms with Crippen LogP contribution in [0.3, 0.4) is 0 Å². The summed E-state index contributed by atoms with van der Waals surface area (Å²) in [5, 5.41) is 26.4. The number of carbonyl (C=O) groups excluding carboxylic acids is 8. The largest absolute Gasteiger partial charge is 0.465 e. The summed E-state index contributed by atoms with van der Waals surface area (Å²) >= 11 is 0. The van der Waals surface area contributed by atoms with Crippen LogP contribution in [-0.2, 0) is 77.8 Å². The van der Waals surface area contributed by atoms with Crippen molar-refractivity contribution in [3.8, 4) is 0 Å². The van der Waals surface area contributed by atoms with Crippen molar-refractivity contribution in [2.75, 3.05) is 13.2 Å². The number of rotatable bonds is 8. The molecule has 1 saturated heterocycles. The van der Waals surface area contributed by atoms with Crippen LogP contribution in [0.2, 0.25) is 0 Å². The third-order valence-electron chi connectivity index (χ3n) is 12.3.